The molecule has 0 heterocycles. The first-order valence-corrected chi connectivity index (χ1v) is 5.59. The second-order valence-corrected chi connectivity index (χ2v) is 4.60. The van der Waals surface area contributed by atoms with Crippen LogP contribution >= 0.6 is 11.6 Å². The largest absolute Gasteiger partial charge is 0.385 e. The van der Waals surface area contributed by atoms with E-state index in [1.807, 2.05) is 0 Å². The van der Waals surface area contributed by atoms with Crippen LogP contribution in [0.4, 0.5) is 4.39 Å². The lowest BCUT2D eigenvalue weighted by Gasteiger charge is -2.32. The summed E-state index contributed by atoms with van der Waals surface area (Å²) in [7, 11) is 0. The lowest BCUT2D eigenvalue weighted by atomic mass is 9.79. The third kappa shape index (κ3) is 2.11. The highest BCUT2D eigenvalue weighted by atomic mass is 35.5. The number of ketones is 1. The first-order chi connectivity index (χ1) is 7.51. The van der Waals surface area contributed by atoms with Gasteiger partial charge in [0, 0.05) is 23.4 Å². The van der Waals surface area contributed by atoms with Gasteiger partial charge in [-0.3, -0.25) is 4.79 Å². The van der Waals surface area contributed by atoms with Gasteiger partial charge in [-0.25, -0.2) is 4.39 Å². The number of carbonyl (C=O) groups excluding carboxylic acids is 1. The van der Waals surface area contributed by atoms with Crippen LogP contribution in [-0.2, 0) is 10.4 Å². The van der Waals surface area contributed by atoms with E-state index in [9.17, 15) is 14.3 Å². The number of Topliss-reactive ketones (excluding diaryl/α,β-unsaturated/α-hetero) is 1. The molecule has 2 rings (SSSR count). The fourth-order valence-corrected chi connectivity index (χ4v) is 2.36. The summed E-state index contributed by atoms with van der Waals surface area (Å²) in [6.45, 7) is 0. The van der Waals surface area contributed by atoms with Gasteiger partial charge in [-0.2, -0.15) is 0 Å². The van der Waals surface area contributed by atoms with Crippen LogP contribution in [0.5, 0.6) is 0 Å². The molecule has 1 aromatic carbocycles. The summed E-state index contributed by atoms with van der Waals surface area (Å²) in [6.07, 6.45) is 1.27. The number of carbonyl (C=O) groups is 1. The zero-order valence-corrected chi connectivity index (χ0v) is 9.43. The summed E-state index contributed by atoms with van der Waals surface area (Å²) < 4.78 is 13.1. The van der Waals surface area contributed by atoms with Crippen molar-refractivity contribution in [2.24, 2.45) is 0 Å². The maximum atomic E-state index is 13.1. The summed E-state index contributed by atoms with van der Waals surface area (Å²) in [5, 5.41) is 10.7. The van der Waals surface area contributed by atoms with Crippen molar-refractivity contribution in [3.8, 4) is 0 Å². The molecule has 0 spiro atoms. The number of hydrogen-bond donors (Lipinski definition) is 1. The highest BCUT2D eigenvalue weighted by molar-refractivity contribution is 6.31. The molecule has 1 fully saturated rings. The van der Waals surface area contributed by atoms with E-state index < -0.39 is 11.4 Å². The molecule has 0 amide bonds. The van der Waals surface area contributed by atoms with Crippen LogP contribution < -0.4 is 0 Å². The van der Waals surface area contributed by atoms with E-state index in [4.69, 9.17) is 11.6 Å². The molecule has 0 atom stereocenters. The topological polar surface area (TPSA) is 37.3 Å². The van der Waals surface area contributed by atoms with Crippen molar-refractivity contribution < 1.29 is 14.3 Å². The Labute approximate surface area is 98.0 Å². The van der Waals surface area contributed by atoms with Gasteiger partial charge in [-0.15, -0.1) is 0 Å². The molecule has 0 aliphatic heterocycles. The number of halogens is 2. The second-order valence-electron chi connectivity index (χ2n) is 4.19. The van der Waals surface area contributed by atoms with E-state index >= 15 is 0 Å². The quantitative estimate of drug-likeness (QED) is 0.822. The Morgan fingerprint density at radius 1 is 1.31 bits per heavy atom. The van der Waals surface area contributed by atoms with E-state index in [1.54, 1.807) is 0 Å². The minimum atomic E-state index is -1.16. The Hall–Kier alpha value is -0.930. The lowest BCUT2D eigenvalue weighted by Crippen LogP contribution is -2.32. The minimum Gasteiger partial charge on any atom is -0.385 e. The van der Waals surface area contributed by atoms with Crippen LogP contribution in [0, 0.1) is 5.82 Å². The average Bonchev–Trinajstić information content (AvgIpc) is 2.26. The molecule has 1 N–H and O–H groups in total. The summed E-state index contributed by atoms with van der Waals surface area (Å²) >= 11 is 5.94. The van der Waals surface area contributed by atoms with Crippen LogP contribution in [0.2, 0.25) is 5.02 Å². The Bertz CT molecular complexity index is 421. The third-order valence-electron chi connectivity index (χ3n) is 3.06. The Morgan fingerprint density at radius 2 is 1.94 bits per heavy atom. The predicted octanol–water partition coefficient (Wildman–Crippen LogP) is 2.81. The molecule has 16 heavy (non-hydrogen) atoms. The van der Waals surface area contributed by atoms with Gasteiger partial charge in [0.15, 0.2) is 0 Å². The molecule has 0 unspecified atom stereocenters. The molecule has 1 aromatic rings. The van der Waals surface area contributed by atoms with Gasteiger partial charge in [-0.1, -0.05) is 11.6 Å². The van der Waals surface area contributed by atoms with Crippen molar-refractivity contribution in [2.45, 2.75) is 31.3 Å². The van der Waals surface area contributed by atoms with Crippen LogP contribution in [0.3, 0.4) is 0 Å². The molecule has 1 aliphatic carbocycles. The Morgan fingerprint density at radius 3 is 2.56 bits per heavy atom. The van der Waals surface area contributed by atoms with E-state index in [0.29, 0.717) is 36.3 Å². The van der Waals surface area contributed by atoms with Crippen molar-refractivity contribution in [2.75, 3.05) is 0 Å². The Kier molecular flexibility index (Phi) is 3.00. The molecule has 0 radical (unpaired) electrons. The van der Waals surface area contributed by atoms with Crippen molar-refractivity contribution in [1.29, 1.82) is 0 Å². The van der Waals surface area contributed by atoms with E-state index in [2.05, 4.69) is 0 Å². The van der Waals surface area contributed by atoms with Crippen LogP contribution in [0.25, 0.3) is 0 Å². The minimum absolute atomic E-state index is 0.136. The number of hydrogen-bond acceptors (Lipinski definition) is 2. The first-order valence-electron chi connectivity index (χ1n) is 5.21. The fourth-order valence-electron chi connectivity index (χ4n) is 2.07. The van der Waals surface area contributed by atoms with Gasteiger partial charge in [0.1, 0.15) is 11.6 Å². The molecule has 0 saturated heterocycles. The molecular formula is C12H12ClFO2. The normalized spacial score (nSPS) is 19.8. The average molecular weight is 243 g/mol. The van der Waals surface area contributed by atoms with E-state index in [0.717, 1.165) is 0 Å². The second kappa shape index (κ2) is 4.15. The summed E-state index contributed by atoms with van der Waals surface area (Å²) in [4.78, 5) is 11.1. The zero-order chi connectivity index (χ0) is 11.8. The van der Waals surface area contributed by atoms with Gasteiger partial charge in [0.2, 0.25) is 0 Å². The molecule has 1 saturated carbocycles. The fraction of sp³-hybridized carbons (Fsp3) is 0.417. The molecule has 4 heteroatoms. The van der Waals surface area contributed by atoms with Gasteiger partial charge in [0.25, 0.3) is 0 Å². The number of rotatable bonds is 1. The molecule has 0 aromatic heterocycles. The highest BCUT2D eigenvalue weighted by Crippen LogP contribution is 2.39. The number of aliphatic hydroxyl groups is 1. The van der Waals surface area contributed by atoms with Gasteiger partial charge < -0.3 is 5.11 Å². The maximum absolute atomic E-state index is 13.1. The van der Waals surface area contributed by atoms with Crippen molar-refractivity contribution >= 4 is 17.4 Å². The van der Waals surface area contributed by atoms with Gasteiger partial charge >= 0.3 is 0 Å². The number of benzene rings is 1. The molecule has 1 aliphatic rings. The summed E-state index contributed by atoms with van der Waals surface area (Å²) in [5.74, 6) is -0.290. The predicted molar refractivity (Wildman–Crippen MR) is 58.8 cm³/mol. The third-order valence-corrected chi connectivity index (χ3v) is 3.39. The molecule has 86 valence electrons. The molecule has 2 nitrogen and oxygen atoms in total. The maximum Gasteiger partial charge on any atom is 0.133 e. The monoisotopic (exact) mass is 242 g/mol. The molecular weight excluding hydrogens is 231 g/mol. The van der Waals surface area contributed by atoms with Crippen molar-refractivity contribution in [3.05, 3.63) is 34.6 Å². The highest BCUT2D eigenvalue weighted by Gasteiger charge is 2.35. The summed E-state index contributed by atoms with van der Waals surface area (Å²) in [6, 6.07) is 3.93. The van der Waals surface area contributed by atoms with Gasteiger partial charge in [-0.05, 0) is 31.0 Å². The lowest BCUT2D eigenvalue weighted by molar-refractivity contribution is -0.125. The van der Waals surface area contributed by atoms with E-state index in [-0.39, 0.29) is 5.78 Å². The van der Waals surface area contributed by atoms with Gasteiger partial charge in [0.05, 0.1) is 5.60 Å². The van der Waals surface area contributed by atoms with Crippen LogP contribution in [-0.4, -0.2) is 10.9 Å². The standard InChI is InChI=1S/C12H12ClFO2/c13-11-2-1-8(14)7-10(11)12(16)5-3-9(15)4-6-12/h1-2,7,16H,3-6H2. The summed E-state index contributed by atoms with van der Waals surface area (Å²) in [5.41, 5.74) is -0.769. The smallest absolute Gasteiger partial charge is 0.133 e. The van der Waals surface area contributed by atoms with Crippen LogP contribution in [0.1, 0.15) is 31.2 Å². The Balaban J connectivity index is 2.35. The SMILES string of the molecule is O=C1CCC(O)(c2cc(F)ccc2Cl)CC1. The molecule has 0 bridgehead atoms. The van der Waals surface area contributed by atoms with Crippen molar-refractivity contribution in [3.63, 3.8) is 0 Å². The van der Waals surface area contributed by atoms with Crippen LogP contribution in [0.15, 0.2) is 18.2 Å². The first kappa shape index (κ1) is 11.6. The zero-order valence-electron chi connectivity index (χ0n) is 8.67. The van der Waals surface area contributed by atoms with E-state index in [1.165, 1.54) is 18.2 Å². The van der Waals surface area contributed by atoms with Crippen molar-refractivity contribution in [1.82, 2.24) is 0 Å².